The van der Waals surface area contributed by atoms with E-state index in [0.29, 0.717) is 0 Å². The van der Waals surface area contributed by atoms with Crippen LogP contribution in [0, 0.1) is 0 Å². The number of amides is 7. The standard InChI is InChI=1S/C83H137N7O59/c1-20(100)84-39-27(107)8-83(82(127)128,148-67(39)46(109)28(108)9-91)149-69-51(114)32(13-95)135-79(62(69)125)144-65-35(16-98)137-77(45(58(65)121)90-26(7)106)147-71-60(123)66(142-74-42(87-23(4)103)54(117)48(111)30(11-93)133-74)36(17-99)138-81(71)145-68-52(115)38(139-78(61(68)124)143-64-34(15-97)136-76(44(57(64)120)89-25(6)105)141-63-33(14-96)131-72(126)40(56(63)119)85-21(2)101)19-130-80-70(146-75-43(88-24(5)104)55(118)49(112)31(12-94)134-75)59(122)50(113)37(140-80)18-129-73-41(86-22(3)102)53(116)47(110)29(10-92)132-73/h27-81,91-99,107-126H,8-19H2,1-7H3,(H,84,100)(H,85,101)(H,86,102)(H,87,103)(H,88,104)(H,89,105)(H,90,106)(H,127,128)/t27-,28+,29+,30+,31+,32+,33+,34+,35+,36+,37+,38+,39+,40+,41+,42+,43+,44+,45+,46+,47+,48+,49+,50+,51-,52+,53+,54+,55+,56+,57+,58+,59-,60-,61-,62+,63+,64+,65+,66+,67+,68-,69-,70-,71-,72?,73+,74-,75-,76-,77-,78-,79-,80-,81+,83-/m0/s1. The van der Waals surface area contributed by atoms with Crippen LogP contribution in [0.3, 0.4) is 0 Å². The molecule has 858 valence electrons. The molecule has 37 N–H and O–H groups in total. The molecule has 0 spiro atoms. The Hall–Kier alpha value is -6.24. The van der Waals surface area contributed by atoms with E-state index in [4.69, 9.17) is 99.5 Å². The molecule has 7 amide bonds. The van der Waals surface area contributed by atoms with Crippen LogP contribution in [0.2, 0.25) is 0 Å². The van der Waals surface area contributed by atoms with Gasteiger partial charge >= 0.3 is 5.97 Å². The smallest absolute Gasteiger partial charge is 0.364 e. The summed E-state index contributed by atoms with van der Waals surface area (Å²) in [7, 11) is 0. The topological polar surface area (TPSA) is 1020 Å². The minimum absolute atomic E-state index is 0.804. The highest BCUT2D eigenvalue weighted by atomic mass is 16.8. The highest BCUT2D eigenvalue weighted by Gasteiger charge is 2.65. The highest BCUT2D eigenvalue weighted by molar-refractivity contribution is 5.77. The van der Waals surface area contributed by atoms with Gasteiger partial charge in [0.05, 0.1) is 84.8 Å². The second kappa shape index (κ2) is 53.7. The summed E-state index contributed by atoms with van der Waals surface area (Å²) in [6, 6.07) is -13.5. The predicted molar refractivity (Wildman–Crippen MR) is 461 cm³/mol. The fourth-order valence-corrected chi connectivity index (χ4v) is 19.2. The quantitative estimate of drug-likeness (QED) is 0.0270. The molecule has 11 heterocycles. The molecule has 11 aliphatic rings. The number of rotatable bonds is 41. The van der Waals surface area contributed by atoms with E-state index in [0.717, 1.165) is 48.5 Å². The summed E-state index contributed by atoms with van der Waals surface area (Å²) in [6.45, 7) is -7.14. The molecule has 11 fully saturated rings. The van der Waals surface area contributed by atoms with Crippen molar-refractivity contribution in [1.29, 1.82) is 0 Å². The van der Waals surface area contributed by atoms with Crippen LogP contribution in [0.5, 0.6) is 0 Å². The van der Waals surface area contributed by atoms with Crippen molar-refractivity contribution >= 4 is 47.3 Å². The van der Waals surface area contributed by atoms with Gasteiger partial charge in [-0.15, -0.1) is 0 Å². The van der Waals surface area contributed by atoms with E-state index in [1.807, 2.05) is 0 Å². The molecular formula is C83H137N7O59. The van der Waals surface area contributed by atoms with Gasteiger partial charge in [0.2, 0.25) is 41.4 Å². The van der Waals surface area contributed by atoms with Crippen molar-refractivity contribution in [2.24, 2.45) is 0 Å². The summed E-state index contributed by atoms with van der Waals surface area (Å²) < 4.78 is 127. The molecular weight excluding hydrogens is 2040 g/mol. The van der Waals surface area contributed by atoms with E-state index in [1.165, 1.54) is 0 Å². The van der Waals surface area contributed by atoms with Crippen LogP contribution in [0.15, 0.2) is 0 Å². The zero-order chi connectivity index (χ0) is 110. The molecule has 0 aromatic rings. The van der Waals surface area contributed by atoms with Crippen molar-refractivity contribution < 1.29 is 291 Å². The summed E-state index contributed by atoms with van der Waals surface area (Å²) in [5.41, 5.74) is 0. The molecule has 0 aromatic heterocycles. The lowest BCUT2D eigenvalue weighted by Crippen LogP contribution is -2.72. The first kappa shape index (κ1) is 123. The summed E-state index contributed by atoms with van der Waals surface area (Å²) in [5.74, 6) is -12.4. The number of carbonyl (C=O) groups is 8. The summed E-state index contributed by atoms with van der Waals surface area (Å²) in [4.78, 5) is 104. The third kappa shape index (κ3) is 27.9. The monoisotopic (exact) mass is 2180 g/mol. The molecule has 1 unspecified atom stereocenters. The largest absolute Gasteiger partial charge is 0.477 e. The van der Waals surface area contributed by atoms with Crippen LogP contribution in [-0.2, 0) is 138 Å². The van der Waals surface area contributed by atoms with Gasteiger partial charge < -0.3 is 290 Å². The molecule has 149 heavy (non-hydrogen) atoms. The zero-order valence-electron chi connectivity index (χ0n) is 80.5. The van der Waals surface area contributed by atoms with Crippen LogP contribution in [-0.4, -0.2) is 616 Å². The van der Waals surface area contributed by atoms with E-state index in [-0.39, 0.29) is 0 Å². The van der Waals surface area contributed by atoms with Crippen LogP contribution < -0.4 is 37.2 Å². The van der Waals surface area contributed by atoms with Gasteiger partial charge in [-0.05, 0) is 0 Å². The van der Waals surface area contributed by atoms with Gasteiger partial charge in [-0.25, -0.2) is 4.79 Å². The number of nitrogens with one attached hydrogen (secondary N) is 7. The van der Waals surface area contributed by atoms with Crippen molar-refractivity contribution in [3.63, 3.8) is 0 Å². The third-order valence-corrected chi connectivity index (χ3v) is 26.7. The van der Waals surface area contributed by atoms with Crippen molar-refractivity contribution in [2.75, 3.05) is 72.7 Å². The van der Waals surface area contributed by atoms with Crippen molar-refractivity contribution in [2.45, 2.75) is 398 Å². The second-order valence-corrected chi connectivity index (χ2v) is 37.5. The van der Waals surface area contributed by atoms with Crippen LogP contribution in [0.1, 0.15) is 54.9 Å². The Labute approximate surface area is 843 Å². The summed E-state index contributed by atoms with van der Waals surface area (Å²) in [6.07, 6.45) is -111. The van der Waals surface area contributed by atoms with Gasteiger partial charge in [0.15, 0.2) is 62.9 Å². The zero-order valence-corrected chi connectivity index (χ0v) is 80.5. The molecule has 0 saturated carbocycles. The normalized spacial score (nSPS) is 46.2. The van der Waals surface area contributed by atoms with E-state index in [2.05, 4.69) is 37.2 Å². The molecule has 0 aliphatic carbocycles. The van der Waals surface area contributed by atoms with Crippen molar-refractivity contribution in [3.8, 4) is 0 Å². The summed E-state index contributed by atoms with van der Waals surface area (Å²) in [5, 5.41) is 360. The Bertz CT molecular complexity index is 4300. The summed E-state index contributed by atoms with van der Waals surface area (Å²) >= 11 is 0. The Balaban J connectivity index is 1.00. The van der Waals surface area contributed by atoms with E-state index in [1.54, 1.807) is 0 Å². The van der Waals surface area contributed by atoms with Crippen LogP contribution in [0.4, 0.5) is 0 Å². The SMILES string of the molecule is CC(=O)N[C@H]1[C@H](O[C@H]2[C@H](O)[C@@H](NC(C)=O)C(O)O[C@@H]2CO)O[C@H](CO)[C@@H](O[C@@H]2O[C@H](CO[C@H]3O[C@H](CO[C@@H]4O[C@H](CO)[C@@H](O)[C@H](O)[C@H]4NC(C)=O)[C@@H](O)[C@H](O)[C@@H]3O[C@@H]3O[C@H](CO)[C@@H](O)[C@H](O)[C@H]3NC(C)=O)[C@@H](O)[C@H](O[C@H]3O[C@H](CO)[C@@H](O[C@@H]4O[C@H](CO)[C@@H](O)[C@H](O)[C@H]4NC(C)=O)[C@H](O)[C@@H]3O[C@@H]3O[C@H](CO)[C@@H](O[C@@H]4O[C@H](CO)[C@H](O)[C@H](O[C@]5(C(=O)O)C[C@H](O)[C@@H](NC(C)=O)[C@H]([C@H](O)[C@H](O)CO)O5)[C@H]4O)[C@H](O)[C@H]3NC(C)=O)[C@@H]2O)[C@@H]1O. The number of hydrogen-bond acceptors (Lipinski definition) is 58. The first-order valence-electron chi connectivity index (χ1n) is 47.2. The maximum Gasteiger partial charge on any atom is 0.364 e. The van der Waals surface area contributed by atoms with Gasteiger partial charge in [0, 0.05) is 54.9 Å². The fourth-order valence-electron chi connectivity index (χ4n) is 19.2. The molecule has 11 rings (SSSR count). The van der Waals surface area contributed by atoms with Gasteiger partial charge in [-0.3, -0.25) is 33.6 Å². The molecule has 0 bridgehead atoms. The van der Waals surface area contributed by atoms with Crippen molar-refractivity contribution in [1.82, 2.24) is 37.2 Å². The van der Waals surface area contributed by atoms with Crippen molar-refractivity contribution in [3.05, 3.63) is 0 Å². The number of hydrogen-bond donors (Lipinski definition) is 37. The van der Waals surface area contributed by atoms with E-state index < -0.39 is 469 Å². The number of ether oxygens (including phenoxy) is 21. The lowest BCUT2D eigenvalue weighted by molar-refractivity contribution is -0.407. The Morgan fingerprint density at radius 2 is 0.550 bits per heavy atom. The maximum absolute atomic E-state index is 13.7. The van der Waals surface area contributed by atoms with Crippen LogP contribution >= 0.6 is 0 Å². The third-order valence-electron chi connectivity index (χ3n) is 26.7. The fraction of sp³-hybridized carbons (Fsp3) is 0.904. The molecule has 56 atom stereocenters. The average molecular weight is 2180 g/mol. The van der Waals surface area contributed by atoms with E-state index in [9.17, 15) is 192 Å². The lowest BCUT2D eigenvalue weighted by Gasteiger charge is -2.52. The molecule has 0 radical (unpaired) electrons. The number of carboxylic acid groups (broad SMARTS) is 1. The van der Waals surface area contributed by atoms with Gasteiger partial charge in [0.25, 0.3) is 5.79 Å². The Morgan fingerprint density at radius 3 is 0.953 bits per heavy atom. The maximum atomic E-state index is 13.7. The van der Waals surface area contributed by atoms with E-state index >= 15 is 0 Å². The minimum Gasteiger partial charge on any atom is -0.477 e. The number of aliphatic hydroxyl groups excluding tert-OH is 29. The van der Waals surface area contributed by atoms with Gasteiger partial charge in [0.1, 0.15) is 262 Å². The predicted octanol–water partition coefficient (Wildman–Crippen LogP) is -24.8. The number of carboxylic acids is 1. The molecule has 66 nitrogen and oxygen atoms in total. The lowest BCUT2D eigenvalue weighted by atomic mass is 9.88. The average Bonchev–Trinajstić information content (AvgIpc) is 0.741. The molecule has 11 saturated heterocycles. The molecule has 0 aromatic carbocycles. The second-order valence-electron chi connectivity index (χ2n) is 37.5. The minimum atomic E-state index is -3.40. The first-order chi connectivity index (χ1) is 70.3. The Kier molecular flexibility index (Phi) is 44.3. The van der Waals surface area contributed by atoms with Crippen LogP contribution in [0.25, 0.3) is 0 Å². The number of aliphatic carboxylic acids is 1. The molecule has 11 aliphatic heterocycles. The van der Waals surface area contributed by atoms with Gasteiger partial charge in [-0.2, -0.15) is 0 Å². The number of carbonyl (C=O) groups excluding carboxylic acids is 7. The van der Waals surface area contributed by atoms with Gasteiger partial charge in [-0.1, -0.05) is 0 Å². The number of aliphatic hydroxyl groups is 29. The highest BCUT2D eigenvalue weighted by Crippen LogP contribution is 2.44. The Morgan fingerprint density at radius 1 is 0.275 bits per heavy atom. The molecule has 66 heteroatoms. The first-order valence-corrected chi connectivity index (χ1v) is 47.2.